The fraction of sp³-hybridized carbons (Fsp3) is 0.238. The van der Waals surface area contributed by atoms with Crippen LogP contribution in [0.3, 0.4) is 0 Å². The van der Waals surface area contributed by atoms with E-state index in [0.29, 0.717) is 10.0 Å². The standard InChI is InChI=1S/C21H20Cl2N2/c22-19-10-4-9-18(20(19)23)21(25-13-11-24-12-14-25)17-8-3-6-15-5-1-2-7-16(15)17/h1-10,21,24H,11-14H2. The molecule has 4 heteroatoms. The lowest BCUT2D eigenvalue weighted by atomic mass is 9.92. The fourth-order valence-electron chi connectivity index (χ4n) is 3.72. The molecule has 0 aliphatic carbocycles. The van der Waals surface area contributed by atoms with Crippen molar-refractivity contribution in [1.82, 2.24) is 10.2 Å². The molecule has 3 aromatic carbocycles. The van der Waals surface area contributed by atoms with E-state index >= 15 is 0 Å². The van der Waals surface area contributed by atoms with Crippen LogP contribution in [0.25, 0.3) is 10.8 Å². The highest BCUT2D eigenvalue weighted by Crippen LogP contribution is 2.39. The number of piperazine rings is 1. The fourth-order valence-corrected chi connectivity index (χ4v) is 4.13. The Bertz CT molecular complexity index is 883. The highest BCUT2D eigenvalue weighted by molar-refractivity contribution is 6.42. The van der Waals surface area contributed by atoms with Crippen LogP contribution in [-0.4, -0.2) is 31.1 Å². The van der Waals surface area contributed by atoms with Gasteiger partial charge >= 0.3 is 0 Å². The number of benzene rings is 3. The SMILES string of the molecule is Clc1cccc(C(c2cccc3ccccc23)N2CCNCC2)c1Cl. The number of hydrogen-bond donors (Lipinski definition) is 1. The van der Waals surface area contributed by atoms with Crippen LogP contribution in [0, 0.1) is 0 Å². The molecule has 2 nitrogen and oxygen atoms in total. The van der Waals surface area contributed by atoms with Crippen molar-refractivity contribution in [1.29, 1.82) is 0 Å². The van der Waals surface area contributed by atoms with Crippen LogP contribution < -0.4 is 5.32 Å². The van der Waals surface area contributed by atoms with Gasteiger partial charge in [-0.25, -0.2) is 0 Å². The number of nitrogens with zero attached hydrogens (tertiary/aromatic N) is 1. The lowest BCUT2D eigenvalue weighted by Gasteiger charge is -2.36. The molecule has 3 aromatic rings. The second-order valence-electron chi connectivity index (χ2n) is 6.40. The van der Waals surface area contributed by atoms with Crippen LogP contribution >= 0.6 is 23.2 Å². The van der Waals surface area contributed by atoms with Crippen LogP contribution in [0.1, 0.15) is 17.2 Å². The van der Waals surface area contributed by atoms with Crippen LogP contribution in [0.15, 0.2) is 60.7 Å². The van der Waals surface area contributed by atoms with Gasteiger partial charge in [0.05, 0.1) is 16.1 Å². The summed E-state index contributed by atoms with van der Waals surface area (Å²) in [5.74, 6) is 0. The molecule has 1 atom stereocenters. The monoisotopic (exact) mass is 370 g/mol. The summed E-state index contributed by atoms with van der Waals surface area (Å²) in [5, 5.41) is 7.22. The number of halogens is 2. The van der Waals surface area contributed by atoms with Crippen molar-refractivity contribution in [3.63, 3.8) is 0 Å². The van der Waals surface area contributed by atoms with Gasteiger partial charge in [-0.2, -0.15) is 0 Å². The number of nitrogens with one attached hydrogen (secondary N) is 1. The van der Waals surface area contributed by atoms with Crippen molar-refractivity contribution >= 4 is 34.0 Å². The second-order valence-corrected chi connectivity index (χ2v) is 7.19. The van der Waals surface area contributed by atoms with Crippen molar-refractivity contribution in [2.45, 2.75) is 6.04 Å². The summed E-state index contributed by atoms with van der Waals surface area (Å²) in [7, 11) is 0. The van der Waals surface area contributed by atoms with Crippen molar-refractivity contribution in [2.24, 2.45) is 0 Å². The number of fused-ring (bicyclic) bond motifs is 1. The Morgan fingerprint density at radius 1 is 0.800 bits per heavy atom. The molecule has 1 heterocycles. The van der Waals surface area contributed by atoms with E-state index in [2.05, 4.69) is 58.7 Å². The van der Waals surface area contributed by atoms with E-state index in [9.17, 15) is 0 Å². The first-order chi connectivity index (χ1) is 12.3. The third kappa shape index (κ3) is 3.28. The highest BCUT2D eigenvalue weighted by Gasteiger charge is 2.27. The van der Waals surface area contributed by atoms with Crippen molar-refractivity contribution in [3.05, 3.63) is 81.8 Å². The first-order valence-electron chi connectivity index (χ1n) is 8.62. The van der Waals surface area contributed by atoms with Gasteiger partial charge in [-0.05, 0) is 28.0 Å². The van der Waals surface area contributed by atoms with Crippen LogP contribution in [0.2, 0.25) is 10.0 Å². The van der Waals surface area contributed by atoms with Crippen molar-refractivity contribution < 1.29 is 0 Å². The summed E-state index contributed by atoms with van der Waals surface area (Å²) in [4.78, 5) is 2.50. The average molecular weight is 371 g/mol. The number of hydrogen-bond acceptors (Lipinski definition) is 2. The molecule has 1 N–H and O–H groups in total. The molecular formula is C21H20Cl2N2. The van der Waals surface area contributed by atoms with Crippen LogP contribution in [0.5, 0.6) is 0 Å². The number of rotatable bonds is 3. The van der Waals surface area contributed by atoms with E-state index < -0.39 is 0 Å². The molecule has 25 heavy (non-hydrogen) atoms. The summed E-state index contributed by atoms with van der Waals surface area (Å²) in [6, 6.07) is 21.1. The van der Waals surface area contributed by atoms with Crippen LogP contribution in [-0.2, 0) is 0 Å². The van der Waals surface area contributed by atoms with Gasteiger partial charge in [0, 0.05) is 26.2 Å². The average Bonchev–Trinajstić information content (AvgIpc) is 2.66. The maximum atomic E-state index is 6.63. The third-order valence-electron chi connectivity index (χ3n) is 4.91. The zero-order chi connectivity index (χ0) is 17.2. The summed E-state index contributed by atoms with van der Waals surface area (Å²) < 4.78 is 0. The topological polar surface area (TPSA) is 15.3 Å². The first-order valence-corrected chi connectivity index (χ1v) is 9.37. The predicted molar refractivity (Wildman–Crippen MR) is 107 cm³/mol. The maximum absolute atomic E-state index is 6.63. The van der Waals surface area contributed by atoms with Gasteiger partial charge in [0.15, 0.2) is 0 Å². The highest BCUT2D eigenvalue weighted by atomic mass is 35.5. The van der Waals surface area contributed by atoms with E-state index in [4.69, 9.17) is 23.2 Å². The van der Waals surface area contributed by atoms with Crippen molar-refractivity contribution in [2.75, 3.05) is 26.2 Å². The predicted octanol–water partition coefficient (Wildman–Crippen LogP) is 5.14. The summed E-state index contributed by atoms with van der Waals surface area (Å²) in [5.41, 5.74) is 2.36. The zero-order valence-corrected chi connectivity index (χ0v) is 15.4. The molecule has 0 spiro atoms. The Balaban J connectivity index is 1.92. The molecule has 0 bridgehead atoms. The molecule has 1 fully saturated rings. The van der Waals surface area contributed by atoms with Gasteiger partial charge in [0.1, 0.15) is 0 Å². The van der Waals surface area contributed by atoms with E-state index in [-0.39, 0.29) is 6.04 Å². The molecule has 4 rings (SSSR count). The lowest BCUT2D eigenvalue weighted by Crippen LogP contribution is -2.45. The van der Waals surface area contributed by atoms with Gasteiger partial charge in [-0.1, -0.05) is 77.8 Å². The van der Waals surface area contributed by atoms with Gasteiger partial charge in [-0.15, -0.1) is 0 Å². The van der Waals surface area contributed by atoms with E-state index in [1.54, 1.807) is 0 Å². The molecule has 1 aliphatic rings. The Labute approximate surface area is 158 Å². The first kappa shape index (κ1) is 16.9. The third-order valence-corrected chi connectivity index (χ3v) is 5.74. The Hall–Kier alpha value is -1.58. The Morgan fingerprint density at radius 2 is 1.48 bits per heavy atom. The Kier molecular flexibility index (Phi) is 4.96. The molecular weight excluding hydrogens is 351 g/mol. The van der Waals surface area contributed by atoms with Gasteiger partial charge < -0.3 is 5.32 Å². The zero-order valence-electron chi connectivity index (χ0n) is 13.9. The smallest absolute Gasteiger partial charge is 0.0643 e. The van der Waals surface area contributed by atoms with Gasteiger partial charge in [-0.3, -0.25) is 4.90 Å². The van der Waals surface area contributed by atoms with Gasteiger partial charge in [0.25, 0.3) is 0 Å². The lowest BCUT2D eigenvalue weighted by molar-refractivity contribution is 0.199. The molecule has 0 amide bonds. The molecule has 1 saturated heterocycles. The van der Waals surface area contributed by atoms with E-state index in [1.807, 2.05) is 12.1 Å². The molecule has 1 unspecified atom stereocenters. The molecule has 0 aromatic heterocycles. The summed E-state index contributed by atoms with van der Waals surface area (Å²) >= 11 is 13.0. The van der Waals surface area contributed by atoms with Gasteiger partial charge in [0.2, 0.25) is 0 Å². The maximum Gasteiger partial charge on any atom is 0.0643 e. The second kappa shape index (κ2) is 7.35. The normalized spacial score (nSPS) is 16.9. The Morgan fingerprint density at radius 3 is 2.32 bits per heavy atom. The van der Waals surface area contributed by atoms with Crippen molar-refractivity contribution in [3.8, 4) is 0 Å². The minimum atomic E-state index is 0.0967. The molecule has 0 saturated carbocycles. The molecule has 128 valence electrons. The summed E-state index contributed by atoms with van der Waals surface area (Å²) in [6.07, 6.45) is 0. The van der Waals surface area contributed by atoms with Crippen LogP contribution in [0.4, 0.5) is 0 Å². The largest absolute Gasteiger partial charge is 0.314 e. The summed E-state index contributed by atoms with van der Waals surface area (Å²) in [6.45, 7) is 3.94. The minimum absolute atomic E-state index is 0.0967. The molecule has 0 radical (unpaired) electrons. The van der Waals surface area contributed by atoms with E-state index in [0.717, 1.165) is 31.7 Å². The minimum Gasteiger partial charge on any atom is -0.314 e. The molecule has 1 aliphatic heterocycles. The van der Waals surface area contributed by atoms with E-state index in [1.165, 1.54) is 16.3 Å². The quantitative estimate of drug-likeness (QED) is 0.686.